The number of carbonyl (C=O) groups excluding carboxylic acids is 2. The molecule has 0 spiro atoms. The molecule has 0 heterocycles. The Kier molecular flexibility index (Phi) is 14.2. The number of amides is 2. The fourth-order valence-corrected chi connectivity index (χ4v) is 6.57. The summed E-state index contributed by atoms with van der Waals surface area (Å²) < 4.78 is 24.4. The minimum Gasteiger partial charge on any atom is -0.379 e. The normalized spacial score (nSPS) is 18.6. The molecule has 4 atom stereocenters. The number of rotatable bonds is 16. The lowest BCUT2D eigenvalue weighted by Crippen LogP contribution is -2.54. The highest BCUT2D eigenvalue weighted by Gasteiger charge is 2.42. The Morgan fingerprint density at radius 1 is 1.05 bits per heavy atom. The van der Waals surface area contributed by atoms with E-state index in [0.717, 1.165) is 31.2 Å². The second kappa shape index (κ2) is 16.5. The predicted octanol–water partition coefficient (Wildman–Crippen LogP) is 5.44. The van der Waals surface area contributed by atoms with Crippen LogP contribution in [0.15, 0.2) is 30.3 Å². The van der Waals surface area contributed by atoms with Gasteiger partial charge in [-0.15, -0.1) is 0 Å². The Hall–Kier alpha value is -1.57. The minimum absolute atomic E-state index is 0.108. The number of benzene rings is 1. The summed E-state index contributed by atoms with van der Waals surface area (Å²) in [6, 6.07) is 8.23. The Labute approximate surface area is 229 Å². The maximum atomic E-state index is 13.6. The summed E-state index contributed by atoms with van der Waals surface area (Å²) >= 11 is 0. The first kappa shape index (κ1) is 32.6. The molecule has 1 aromatic carbocycles. The molecule has 2 rings (SSSR count). The van der Waals surface area contributed by atoms with Crippen molar-refractivity contribution in [2.75, 3.05) is 13.7 Å². The molecule has 8 nitrogen and oxygen atoms in total. The SMILES string of the molecule is COP(=O)(OCC(C)C)C(O)[C@H](CC1CCCCC1)N[C@@H](CC(C)C)C(=O)NC(=O)CCc1ccccc1. The van der Waals surface area contributed by atoms with E-state index < -0.39 is 31.4 Å². The molecule has 1 aliphatic carbocycles. The van der Waals surface area contributed by atoms with E-state index in [1.165, 1.54) is 13.5 Å². The molecule has 2 amide bonds. The van der Waals surface area contributed by atoms with Crippen LogP contribution in [0.25, 0.3) is 0 Å². The highest BCUT2D eigenvalue weighted by molar-refractivity contribution is 7.54. The van der Waals surface area contributed by atoms with Gasteiger partial charge >= 0.3 is 7.60 Å². The summed E-state index contributed by atoms with van der Waals surface area (Å²) in [6.45, 7) is 8.04. The standard InChI is InChI=1S/C29H49N2O6P/c1-21(2)18-25(28(33)31-27(32)17-16-23-12-8-6-9-13-23)30-26(19-24-14-10-7-11-15-24)29(34)38(35,36-5)37-20-22(3)4/h6,8-9,12-13,21-22,24-26,29-30,34H,7,10-11,14-20H2,1-5H3,(H,31,32,33)/t25-,26-,29?,38?/m0/s1. The molecule has 1 saturated carbocycles. The summed E-state index contributed by atoms with van der Waals surface area (Å²) in [7, 11) is -2.58. The van der Waals surface area contributed by atoms with Gasteiger partial charge in [0.15, 0.2) is 5.85 Å². The summed E-state index contributed by atoms with van der Waals surface area (Å²) in [5, 5.41) is 17.2. The summed E-state index contributed by atoms with van der Waals surface area (Å²) in [6.07, 6.45) is 7.20. The molecule has 0 bridgehead atoms. The van der Waals surface area contributed by atoms with Crippen LogP contribution >= 0.6 is 7.60 Å². The van der Waals surface area contributed by atoms with Crippen molar-refractivity contribution in [1.29, 1.82) is 0 Å². The second-order valence-corrected chi connectivity index (χ2v) is 13.7. The number of aliphatic hydroxyl groups is 1. The lowest BCUT2D eigenvalue weighted by Gasteiger charge is -2.35. The topological polar surface area (TPSA) is 114 Å². The van der Waals surface area contributed by atoms with Crippen LogP contribution < -0.4 is 10.6 Å². The average molecular weight is 553 g/mol. The van der Waals surface area contributed by atoms with Gasteiger partial charge in [-0.2, -0.15) is 0 Å². The van der Waals surface area contributed by atoms with Gasteiger partial charge in [0.2, 0.25) is 11.8 Å². The van der Waals surface area contributed by atoms with E-state index >= 15 is 0 Å². The molecule has 1 fully saturated rings. The number of hydrogen-bond acceptors (Lipinski definition) is 7. The van der Waals surface area contributed by atoms with Crippen LogP contribution in [0.2, 0.25) is 0 Å². The van der Waals surface area contributed by atoms with Crippen LogP contribution in [0.1, 0.15) is 84.6 Å². The molecule has 0 radical (unpaired) electrons. The van der Waals surface area contributed by atoms with Gasteiger partial charge in [-0.25, -0.2) is 0 Å². The Balaban J connectivity index is 2.17. The van der Waals surface area contributed by atoms with Gasteiger partial charge < -0.3 is 14.2 Å². The molecule has 0 aromatic heterocycles. The van der Waals surface area contributed by atoms with Crippen molar-refractivity contribution in [3.05, 3.63) is 35.9 Å². The number of nitrogens with one attached hydrogen (secondary N) is 2. The molecular formula is C29H49N2O6P. The van der Waals surface area contributed by atoms with Crippen LogP contribution in [-0.4, -0.2) is 48.6 Å². The van der Waals surface area contributed by atoms with Gasteiger partial charge in [0.25, 0.3) is 0 Å². The number of carbonyl (C=O) groups is 2. The molecule has 3 N–H and O–H groups in total. The fraction of sp³-hybridized carbons (Fsp3) is 0.724. The predicted molar refractivity (Wildman–Crippen MR) is 151 cm³/mol. The van der Waals surface area contributed by atoms with Crippen LogP contribution in [0.4, 0.5) is 0 Å². The molecule has 0 saturated heterocycles. The first-order valence-corrected chi connectivity index (χ1v) is 15.8. The van der Waals surface area contributed by atoms with Crippen molar-refractivity contribution in [2.45, 2.75) is 103 Å². The van der Waals surface area contributed by atoms with E-state index in [0.29, 0.717) is 25.2 Å². The van der Waals surface area contributed by atoms with Crippen molar-refractivity contribution in [3.63, 3.8) is 0 Å². The Morgan fingerprint density at radius 3 is 2.29 bits per heavy atom. The van der Waals surface area contributed by atoms with E-state index in [4.69, 9.17) is 9.05 Å². The van der Waals surface area contributed by atoms with Gasteiger partial charge in [-0.1, -0.05) is 90.1 Å². The van der Waals surface area contributed by atoms with Crippen molar-refractivity contribution >= 4 is 19.4 Å². The van der Waals surface area contributed by atoms with Crippen LogP contribution in [0, 0.1) is 17.8 Å². The molecular weight excluding hydrogens is 503 g/mol. The van der Waals surface area contributed by atoms with Gasteiger partial charge in [0.05, 0.1) is 12.6 Å². The first-order chi connectivity index (χ1) is 18.0. The van der Waals surface area contributed by atoms with E-state index in [2.05, 4.69) is 10.6 Å². The first-order valence-electron chi connectivity index (χ1n) is 14.2. The number of hydrogen-bond donors (Lipinski definition) is 3. The third-order valence-corrected chi connectivity index (χ3v) is 9.05. The molecule has 2 unspecified atom stereocenters. The van der Waals surface area contributed by atoms with Crippen molar-refractivity contribution < 1.29 is 28.3 Å². The van der Waals surface area contributed by atoms with E-state index in [1.807, 2.05) is 58.0 Å². The van der Waals surface area contributed by atoms with Crippen LogP contribution in [0.3, 0.4) is 0 Å². The maximum Gasteiger partial charge on any atom is 0.360 e. The molecule has 9 heteroatoms. The van der Waals surface area contributed by atoms with Gasteiger partial charge in [0.1, 0.15) is 0 Å². The molecule has 38 heavy (non-hydrogen) atoms. The van der Waals surface area contributed by atoms with Crippen molar-refractivity contribution in [2.24, 2.45) is 17.8 Å². The Morgan fingerprint density at radius 2 is 1.71 bits per heavy atom. The van der Waals surface area contributed by atoms with E-state index in [-0.39, 0.29) is 30.8 Å². The lowest BCUT2D eigenvalue weighted by atomic mass is 9.84. The number of imide groups is 1. The van der Waals surface area contributed by atoms with Gasteiger partial charge in [-0.3, -0.25) is 24.8 Å². The lowest BCUT2D eigenvalue weighted by molar-refractivity contribution is -0.132. The smallest absolute Gasteiger partial charge is 0.360 e. The Bertz CT molecular complexity index is 888. The summed E-state index contributed by atoms with van der Waals surface area (Å²) in [5.41, 5.74) is 1.03. The third kappa shape index (κ3) is 11.3. The van der Waals surface area contributed by atoms with Crippen LogP contribution in [-0.2, 0) is 29.6 Å². The zero-order valence-electron chi connectivity index (χ0n) is 23.9. The largest absolute Gasteiger partial charge is 0.379 e. The minimum atomic E-state index is -3.87. The van der Waals surface area contributed by atoms with Crippen LogP contribution in [0.5, 0.6) is 0 Å². The fourth-order valence-electron chi connectivity index (χ4n) is 4.94. The molecule has 1 aromatic rings. The molecule has 0 aliphatic heterocycles. The number of aliphatic hydroxyl groups excluding tert-OH is 1. The van der Waals surface area contributed by atoms with E-state index in [9.17, 15) is 19.3 Å². The molecule has 1 aliphatic rings. The second-order valence-electron chi connectivity index (χ2n) is 11.4. The van der Waals surface area contributed by atoms with Crippen molar-refractivity contribution in [3.8, 4) is 0 Å². The summed E-state index contributed by atoms with van der Waals surface area (Å²) in [4.78, 5) is 25.9. The van der Waals surface area contributed by atoms with Gasteiger partial charge in [0, 0.05) is 19.6 Å². The van der Waals surface area contributed by atoms with Crippen molar-refractivity contribution in [1.82, 2.24) is 10.6 Å². The van der Waals surface area contributed by atoms with E-state index in [1.54, 1.807) is 0 Å². The third-order valence-electron chi connectivity index (χ3n) is 7.02. The monoisotopic (exact) mass is 552 g/mol. The highest BCUT2D eigenvalue weighted by Crippen LogP contribution is 2.53. The summed E-state index contributed by atoms with van der Waals surface area (Å²) in [5.74, 6) is -1.63. The molecule has 216 valence electrons. The quantitative estimate of drug-likeness (QED) is 0.234. The number of aryl methyl sites for hydroxylation is 1. The zero-order valence-corrected chi connectivity index (χ0v) is 24.8. The van der Waals surface area contributed by atoms with Gasteiger partial charge in [-0.05, 0) is 42.6 Å². The highest BCUT2D eigenvalue weighted by atomic mass is 31.2. The zero-order chi connectivity index (χ0) is 28.1. The maximum absolute atomic E-state index is 13.6. The average Bonchev–Trinajstić information content (AvgIpc) is 2.90.